The summed E-state index contributed by atoms with van der Waals surface area (Å²) in [6.07, 6.45) is 11.9. The Morgan fingerprint density at radius 1 is 0.585 bits per heavy atom. The van der Waals surface area contributed by atoms with E-state index < -0.39 is 17.6 Å². The zero-order chi connectivity index (χ0) is 30.1. The summed E-state index contributed by atoms with van der Waals surface area (Å²) in [5.74, 6) is 2.96. The molecule has 2 amide bonds. The van der Waals surface area contributed by atoms with E-state index >= 15 is 0 Å². The topological polar surface area (TPSA) is 114 Å². The minimum absolute atomic E-state index is 0.0707. The molecular weight excluding hydrogens is 601 g/mol. The molecule has 0 radical (unpaired) electrons. The summed E-state index contributed by atoms with van der Waals surface area (Å²) in [7, 11) is 4.58. The molecule has 0 spiro atoms. The van der Waals surface area contributed by atoms with Crippen molar-refractivity contribution < 1.29 is 36.1 Å². The molecule has 2 N–H and O–H groups in total. The molecule has 41 heavy (non-hydrogen) atoms. The van der Waals surface area contributed by atoms with E-state index in [1.807, 2.05) is 0 Å². The number of rotatable bonds is 18. The van der Waals surface area contributed by atoms with Gasteiger partial charge in [0.2, 0.25) is 0 Å². The lowest BCUT2D eigenvalue weighted by atomic mass is 9.76. The van der Waals surface area contributed by atoms with Crippen LogP contribution >= 0.6 is 23.5 Å². The zero-order valence-corrected chi connectivity index (χ0v) is 29.6. The van der Waals surface area contributed by atoms with E-state index in [9.17, 15) is 9.59 Å². The van der Waals surface area contributed by atoms with Gasteiger partial charge in [0, 0.05) is 78.3 Å². The van der Waals surface area contributed by atoms with Crippen molar-refractivity contribution in [3.63, 3.8) is 0 Å². The minimum Gasteiger partial charge on any atom is -0.377 e. The summed E-state index contributed by atoms with van der Waals surface area (Å²) in [5, 5.41) is 6.59. The maximum Gasteiger partial charge on any atom is 0.500 e. The molecule has 0 aliphatic heterocycles. The Balaban J connectivity index is 1.54. The molecule has 14 heteroatoms. The second kappa shape index (κ2) is 20.0. The van der Waals surface area contributed by atoms with Crippen molar-refractivity contribution in [2.24, 2.45) is 11.8 Å². The van der Waals surface area contributed by atoms with E-state index in [0.29, 0.717) is 12.1 Å². The summed E-state index contributed by atoms with van der Waals surface area (Å²) in [4.78, 5) is 24.9. The van der Waals surface area contributed by atoms with Gasteiger partial charge in [-0.15, -0.1) is 0 Å². The van der Waals surface area contributed by atoms with Crippen molar-refractivity contribution in [1.29, 1.82) is 0 Å². The van der Waals surface area contributed by atoms with Crippen LogP contribution in [-0.2, 0) is 26.6 Å². The van der Waals surface area contributed by atoms with E-state index in [0.717, 1.165) is 61.9 Å². The smallest absolute Gasteiger partial charge is 0.377 e. The summed E-state index contributed by atoms with van der Waals surface area (Å²) in [5.41, 5.74) is 0. The molecule has 0 saturated heterocycles. The first-order chi connectivity index (χ1) is 19.8. The molecule has 2 fully saturated rings. The number of hydrogen-bond donors (Lipinski definition) is 2. The van der Waals surface area contributed by atoms with Crippen molar-refractivity contribution in [2.75, 3.05) is 54.2 Å². The highest BCUT2D eigenvalue weighted by molar-refractivity contribution is 8.13. The Kier molecular flexibility index (Phi) is 18.0. The molecular formula is C27H54N2O8S2Si2. The second-order valence-electron chi connectivity index (χ2n) is 11.0. The van der Waals surface area contributed by atoms with Crippen LogP contribution in [0.25, 0.3) is 0 Å². The first-order valence-corrected chi connectivity index (χ1v) is 20.8. The first kappa shape index (κ1) is 37.0. The predicted octanol–water partition coefficient (Wildman–Crippen LogP) is 5.92. The number of hydrogen-bond acceptors (Lipinski definition) is 10. The van der Waals surface area contributed by atoms with Gasteiger partial charge < -0.3 is 37.2 Å². The fraction of sp³-hybridized carbons (Fsp3) is 0.926. The van der Waals surface area contributed by atoms with Gasteiger partial charge in [-0.05, 0) is 82.5 Å². The quantitative estimate of drug-likeness (QED) is 0.136. The van der Waals surface area contributed by atoms with Gasteiger partial charge in [-0.2, -0.15) is 0 Å². The van der Waals surface area contributed by atoms with Gasteiger partial charge >= 0.3 is 17.6 Å². The third-order valence-corrected chi connectivity index (χ3v) is 16.0. The maximum absolute atomic E-state index is 12.4. The van der Waals surface area contributed by atoms with Crippen LogP contribution in [0.5, 0.6) is 0 Å². The van der Waals surface area contributed by atoms with Gasteiger partial charge in [0.25, 0.3) is 10.5 Å². The Bertz CT molecular complexity index is 672. The van der Waals surface area contributed by atoms with Crippen LogP contribution in [0.2, 0.25) is 12.1 Å². The van der Waals surface area contributed by atoms with E-state index in [4.69, 9.17) is 26.6 Å². The minimum atomic E-state index is -2.56. The molecule has 0 atom stereocenters. The van der Waals surface area contributed by atoms with Gasteiger partial charge in [-0.3, -0.25) is 9.59 Å². The van der Waals surface area contributed by atoms with Gasteiger partial charge in [-0.25, -0.2) is 0 Å². The Hall–Kier alpha value is -0.166. The van der Waals surface area contributed by atoms with Crippen LogP contribution in [0.1, 0.15) is 70.6 Å². The van der Waals surface area contributed by atoms with Gasteiger partial charge in [-0.1, -0.05) is 23.5 Å². The van der Waals surface area contributed by atoms with Crippen molar-refractivity contribution in [3.8, 4) is 0 Å². The number of nitrogens with one attached hydrogen (secondary N) is 2. The lowest BCUT2D eigenvalue weighted by Gasteiger charge is -2.34. The SMILES string of the molecule is CO[Si](CCCSC(=O)NC1CCC(CC2CCC(NC(=O)SCCC[Si](OC)(OC)OC)CC2)CC1)(OC)OC. The van der Waals surface area contributed by atoms with E-state index in [2.05, 4.69) is 10.6 Å². The van der Waals surface area contributed by atoms with Gasteiger partial charge in [0.15, 0.2) is 0 Å². The molecule has 2 aliphatic rings. The van der Waals surface area contributed by atoms with Crippen LogP contribution in [0.4, 0.5) is 9.59 Å². The molecule has 0 aromatic heterocycles. The number of carbonyl (C=O) groups is 2. The largest absolute Gasteiger partial charge is 0.500 e. The highest BCUT2D eigenvalue weighted by Crippen LogP contribution is 2.36. The van der Waals surface area contributed by atoms with Crippen LogP contribution < -0.4 is 10.6 Å². The van der Waals surface area contributed by atoms with Crippen LogP contribution in [-0.4, -0.2) is 94.3 Å². The maximum atomic E-state index is 12.4. The summed E-state index contributed by atoms with van der Waals surface area (Å²) < 4.78 is 32.7. The van der Waals surface area contributed by atoms with Gasteiger partial charge in [0.05, 0.1) is 0 Å². The number of carbonyl (C=O) groups excluding carboxylic acids is 2. The molecule has 2 saturated carbocycles. The van der Waals surface area contributed by atoms with E-state index in [-0.39, 0.29) is 22.6 Å². The van der Waals surface area contributed by atoms with Crippen LogP contribution in [0, 0.1) is 11.8 Å². The van der Waals surface area contributed by atoms with E-state index in [1.54, 1.807) is 42.7 Å². The summed E-state index contributed by atoms with van der Waals surface area (Å²) in [6, 6.07) is 1.99. The Morgan fingerprint density at radius 3 is 1.20 bits per heavy atom. The average molecular weight is 655 g/mol. The summed E-state index contributed by atoms with van der Waals surface area (Å²) in [6.45, 7) is 0. The fourth-order valence-corrected chi connectivity index (χ4v) is 11.4. The standard InChI is InChI=1S/C27H54N2O8S2Si2/c1-32-40(33-2,34-3)19-7-17-38-26(30)28-24-13-9-22(10-14-24)21-23-11-15-25(16-12-23)29-27(31)39-18-8-20-41(35-4,36-5)37-6/h22-25H,7-21H2,1-6H3,(H,28,30)(H,29,31). The molecule has 0 bridgehead atoms. The molecule has 240 valence electrons. The Morgan fingerprint density at radius 2 is 0.902 bits per heavy atom. The molecule has 0 heterocycles. The van der Waals surface area contributed by atoms with E-state index in [1.165, 1.54) is 55.6 Å². The van der Waals surface area contributed by atoms with Crippen LogP contribution in [0.15, 0.2) is 0 Å². The molecule has 0 aromatic carbocycles. The average Bonchev–Trinajstić information content (AvgIpc) is 3.00. The van der Waals surface area contributed by atoms with Crippen LogP contribution in [0.3, 0.4) is 0 Å². The monoisotopic (exact) mass is 654 g/mol. The lowest BCUT2D eigenvalue weighted by molar-refractivity contribution is 0.123. The molecule has 2 rings (SSSR count). The fourth-order valence-electron chi connectivity index (χ4n) is 5.99. The molecule has 0 unspecified atom stereocenters. The Labute approximate surface area is 258 Å². The van der Waals surface area contributed by atoms with Crippen molar-refractivity contribution in [1.82, 2.24) is 10.6 Å². The lowest BCUT2D eigenvalue weighted by Crippen LogP contribution is -2.42. The third-order valence-electron chi connectivity index (χ3n) is 8.59. The molecule has 10 nitrogen and oxygen atoms in total. The molecule has 0 aromatic rings. The number of thioether (sulfide) groups is 2. The normalized spacial score (nSPS) is 23.8. The highest BCUT2D eigenvalue weighted by atomic mass is 32.2. The highest BCUT2D eigenvalue weighted by Gasteiger charge is 2.38. The molecule has 2 aliphatic carbocycles. The van der Waals surface area contributed by atoms with Crippen molar-refractivity contribution in [3.05, 3.63) is 0 Å². The van der Waals surface area contributed by atoms with Crippen molar-refractivity contribution in [2.45, 2.75) is 94.8 Å². The number of amides is 2. The zero-order valence-electron chi connectivity index (χ0n) is 26.0. The summed E-state index contributed by atoms with van der Waals surface area (Å²) >= 11 is 2.69. The second-order valence-corrected chi connectivity index (χ2v) is 19.3. The first-order valence-electron chi connectivity index (χ1n) is 14.9. The van der Waals surface area contributed by atoms with Crippen molar-refractivity contribution >= 4 is 51.6 Å². The third kappa shape index (κ3) is 13.2. The van der Waals surface area contributed by atoms with Gasteiger partial charge in [0.1, 0.15) is 0 Å². The predicted molar refractivity (Wildman–Crippen MR) is 170 cm³/mol.